The summed E-state index contributed by atoms with van der Waals surface area (Å²) in [5, 5.41) is 0. The van der Waals surface area contributed by atoms with Gasteiger partial charge in [0.2, 0.25) is 0 Å². The van der Waals surface area contributed by atoms with Crippen LogP contribution < -0.4 is 4.72 Å². The van der Waals surface area contributed by atoms with Crippen molar-refractivity contribution in [1.29, 1.82) is 0 Å². The quantitative estimate of drug-likeness (QED) is 0.630. The lowest BCUT2D eigenvalue weighted by molar-refractivity contribution is 0.564. The van der Waals surface area contributed by atoms with Gasteiger partial charge in [0.1, 0.15) is 0 Å². The Balaban J connectivity index is 2.48. The summed E-state index contributed by atoms with van der Waals surface area (Å²) >= 11 is 3.63. The third-order valence-corrected chi connectivity index (χ3v) is 6.13. The second kappa shape index (κ2) is 8.24. The minimum atomic E-state index is -1.19. The van der Waals surface area contributed by atoms with E-state index in [9.17, 15) is 4.21 Å². The molecule has 2 rings (SSSR count). The average Bonchev–Trinajstić information content (AvgIpc) is 2.55. The highest BCUT2D eigenvalue weighted by Crippen LogP contribution is 2.36. The summed E-state index contributed by atoms with van der Waals surface area (Å²) in [5.41, 5.74) is 2.22. The fourth-order valence-corrected chi connectivity index (χ4v) is 3.88. The molecule has 0 fully saturated rings. The minimum Gasteiger partial charge on any atom is -0.242 e. The highest BCUT2D eigenvalue weighted by molar-refractivity contribution is 9.10. The first-order valence-electron chi connectivity index (χ1n) is 7.94. The number of rotatable bonds is 6. The molecule has 3 atom stereocenters. The first-order chi connectivity index (χ1) is 11.3. The van der Waals surface area contributed by atoms with Gasteiger partial charge in [0.05, 0.1) is 21.8 Å². The Morgan fingerprint density at radius 3 is 2.21 bits per heavy atom. The Bertz CT molecular complexity index is 709. The van der Waals surface area contributed by atoms with E-state index in [1.165, 1.54) is 0 Å². The molecule has 0 unspecified atom stereocenters. The molecule has 0 amide bonds. The van der Waals surface area contributed by atoms with Crippen molar-refractivity contribution in [1.82, 2.24) is 4.72 Å². The Kier molecular flexibility index (Phi) is 6.55. The van der Waals surface area contributed by atoms with E-state index in [0.29, 0.717) is 0 Å². The Hall–Kier alpha value is -1.23. The van der Waals surface area contributed by atoms with E-state index in [0.717, 1.165) is 15.6 Å². The summed E-state index contributed by atoms with van der Waals surface area (Å²) in [6, 6.07) is 18.1. The average molecular weight is 406 g/mol. The molecule has 0 aliphatic heterocycles. The zero-order valence-electron chi connectivity index (χ0n) is 14.3. The van der Waals surface area contributed by atoms with E-state index in [-0.39, 0.29) is 16.7 Å². The SMILES string of the molecule is C=C[C@@H](c1ccccc1)[C@H](N[S@](=O)C(C)(C)C)c1ccccc1Br. The maximum absolute atomic E-state index is 12.8. The van der Waals surface area contributed by atoms with Gasteiger partial charge in [0.25, 0.3) is 0 Å². The van der Waals surface area contributed by atoms with Gasteiger partial charge in [0.15, 0.2) is 0 Å². The summed E-state index contributed by atoms with van der Waals surface area (Å²) in [5.74, 6) is 0.0104. The Labute approximate surface area is 156 Å². The van der Waals surface area contributed by atoms with Crippen molar-refractivity contribution in [2.24, 2.45) is 0 Å². The summed E-state index contributed by atoms with van der Waals surface area (Å²) in [6.45, 7) is 9.94. The molecule has 0 bridgehead atoms. The smallest absolute Gasteiger partial charge is 0.0976 e. The molecule has 0 aromatic heterocycles. The maximum atomic E-state index is 12.8. The largest absolute Gasteiger partial charge is 0.242 e. The molecule has 24 heavy (non-hydrogen) atoms. The van der Waals surface area contributed by atoms with Crippen LogP contribution in [0.5, 0.6) is 0 Å². The zero-order chi connectivity index (χ0) is 17.7. The molecule has 2 aromatic rings. The summed E-state index contributed by atoms with van der Waals surface area (Å²) in [4.78, 5) is 0. The van der Waals surface area contributed by atoms with E-state index in [1.54, 1.807) is 0 Å². The Morgan fingerprint density at radius 1 is 1.08 bits per heavy atom. The van der Waals surface area contributed by atoms with Crippen LogP contribution in [0.15, 0.2) is 71.7 Å². The van der Waals surface area contributed by atoms with Crippen molar-refractivity contribution in [2.45, 2.75) is 37.5 Å². The fraction of sp³-hybridized carbons (Fsp3) is 0.300. The molecule has 0 saturated heterocycles. The van der Waals surface area contributed by atoms with E-state index in [2.05, 4.69) is 45.4 Å². The standard InChI is InChI=1S/C20H24BrNOS/c1-5-16(15-11-7-6-8-12-15)19(22-24(23)20(2,3)4)17-13-9-10-14-18(17)21/h5-14,16,19,22H,1H2,2-4H3/t16-,19-,24+/m0/s1. The number of nitrogens with one attached hydrogen (secondary N) is 1. The molecule has 4 heteroatoms. The number of benzene rings is 2. The van der Waals surface area contributed by atoms with Gasteiger partial charge in [-0.1, -0.05) is 70.5 Å². The van der Waals surface area contributed by atoms with Crippen LogP contribution in [0.1, 0.15) is 43.9 Å². The molecule has 2 aromatic carbocycles. The predicted octanol–water partition coefficient (Wildman–Crippen LogP) is 5.51. The lowest BCUT2D eigenvalue weighted by Crippen LogP contribution is -2.37. The zero-order valence-corrected chi connectivity index (χ0v) is 16.7. The van der Waals surface area contributed by atoms with E-state index >= 15 is 0 Å². The second-order valence-electron chi connectivity index (χ2n) is 6.67. The molecule has 0 heterocycles. The van der Waals surface area contributed by atoms with Crippen molar-refractivity contribution >= 4 is 26.9 Å². The fourth-order valence-electron chi connectivity index (χ4n) is 2.49. The molecular weight excluding hydrogens is 382 g/mol. The normalized spacial score (nSPS) is 15.5. The van der Waals surface area contributed by atoms with Crippen molar-refractivity contribution in [3.8, 4) is 0 Å². The topological polar surface area (TPSA) is 29.1 Å². The molecule has 128 valence electrons. The van der Waals surface area contributed by atoms with Crippen molar-refractivity contribution in [3.05, 3.63) is 82.9 Å². The minimum absolute atomic E-state index is 0.0104. The van der Waals surface area contributed by atoms with Gasteiger partial charge in [-0.3, -0.25) is 0 Å². The van der Waals surface area contributed by atoms with Gasteiger partial charge in [-0.25, -0.2) is 8.93 Å². The molecule has 0 radical (unpaired) electrons. The highest BCUT2D eigenvalue weighted by Gasteiger charge is 2.29. The van der Waals surface area contributed by atoms with Crippen LogP contribution in [-0.2, 0) is 11.0 Å². The van der Waals surface area contributed by atoms with E-state index < -0.39 is 11.0 Å². The molecule has 0 saturated carbocycles. The lowest BCUT2D eigenvalue weighted by atomic mass is 9.88. The maximum Gasteiger partial charge on any atom is 0.0976 e. The molecule has 0 spiro atoms. The first kappa shape index (κ1) is 19.1. The Morgan fingerprint density at radius 2 is 1.67 bits per heavy atom. The highest BCUT2D eigenvalue weighted by atomic mass is 79.9. The number of hydrogen-bond donors (Lipinski definition) is 1. The van der Waals surface area contributed by atoms with Crippen molar-refractivity contribution in [3.63, 3.8) is 0 Å². The van der Waals surface area contributed by atoms with Gasteiger partial charge < -0.3 is 0 Å². The number of hydrogen-bond acceptors (Lipinski definition) is 1. The van der Waals surface area contributed by atoms with Crippen molar-refractivity contribution in [2.75, 3.05) is 0 Å². The van der Waals surface area contributed by atoms with Gasteiger partial charge >= 0.3 is 0 Å². The van der Waals surface area contributed by atoms with Crippen LogP contribution in [0.25, 0.3) is 0 Å². The van der Waals surface area contributed by atoms with Crippen LogP contribution in [0, 0.1) is 0 Å². The van der Waals surface area contributed by atoms with Crippen LogP contribution in [0.3, 0.4) is 0 Å². The first-order valence-corrected chi connectivity index (χ1v) is 9.89. The lowest BCUT2D eigenvalue weighted by Gasteiger charge is -2.30. The van der Waals surface area contributed by atoms with Crippen LogP contribution >= 0.6 is 15.9 Å². The van der Waals surface area contributed by atoms with Crippen molar-refractivity contribution < 1.29 is 4.21 Å². The van der Waals surface area contributed by atoms with Crippen LogP contribution in [0.4, 0.5) is 0 Å². The van der Waals surface area contributed by atoms with Gasteiger partial charge in [-0.2, -0.15) is 0 Å². The summed E-state index contributed by atoms with van der Waals surface area (Å²) in [7, 11) is -1.19. The van der Waals surface area contributed by atoms with E-state index in [1.807, 2.05) is 63.2 Å². The number of halogens is 1. The third-order valence-electron chi connectivity index (χ3n) is 3.83. The van der Waals surface area contributed by atoms with Gasteiger partial charge in [-0.15, -0.1) is 6.58 Å². The second-order valence-corrected chi connectivity index (χ2v) is 9.52. The monoisotopic (exact) mass is 405 g/mol. The van der Waals surface area contributed by atoms with Gasteiger partial charge in [0, 0.05) is 10.4 Å². The molecule has 0 aliphatic carbocycles. The molecule has 2 nitrogen and oxygen atoms in total. The predicted molar refractivity (Wildman–Crippen MR) is 107 cm³/mol. The van der Waals surface area contributed by atoms with Gasteiger partial charge in [-0.05, 0) is 38.0 Å². The van der Waals surface area contributed by atoms with Crippen LogP contribution in [0.2, 0.25) is 0 Å². The van der Waals surface area contributed by atoms with Crippen LogP contribution in [-0.4, -0.2) is 8.96 Å². The molecule has 1 N–H and O–H groups in total. The summed E-state index contributed by atoms with van der Waals surface area (Å²) in [6.07, 6.45) is 1.92. The summed E-state index contributed by atoms with van der Waals surface area (Å²) < 4.78 is 16.7. The third kappa shape index (κ3) is 4.65. The molecular formula is C20H24BrNOS. The van der Waals surface area contributed by atoms with E-state index in [4.69, 9.17) is 0 Å². The molecule has 0 aliphatic rings.